The van der Waals surface area contributed by atoms with Crippen molar-refractivity contribution in [3.8, 4) is 0 Å². The van der Waals surface area contributed by atoms with E-state index in [9.17, 15) is 9.59 Å². The van der Waals surface area contributed by atoms with Crippen LogP contribution in [0.1, 0.15) is 37.1 Å². The first-order chi connectivity index (χ1) is 11.4. The van der Waals surface area contributed by atoms with E-state index < -0.39 is 11.8 Å². The molecule has 24 heavy (non-hydrogen) atoms. The third kappa shape index (κ3) is 5.18. The molecular weight excluding hydrogens is 436 g/mol. The van der Waals surface area contributed by atoms with E-state index in [4.69, 9.17) is 0 Å². The van der Waals surface area contributed by atoms with E-state index in [1.54, 1.807) is 0 Å². The molecule has 2 rings (SSSR count). The standard InChI is InChI=1S/C18H18Br2N2O2/c1-11(13-3-7-15(19)8-4-13)21-17(23)18(24)22-12(2)14-5-9-16(20)10-6-14/h3-12H,1-2H3,(H,21,23)(H,22,24)/t11-,12-/m0/s1. The number of hydrogen-bond acceptors (Lipinski definition) is 2. The minimum atomic E-state index is -0.644. The Hall–Kier alpha value is -1.66. The molecule has 0 aliphatic rings. The van der Waals surface area contributed by atoms with Gasteiger partial charge < -0.3 is 10.6 Å². The number of rotatable bonds is 4. The van der Waals surface area contributed by atoms with Gasteiger partial charge in [-0.3, -0.25) is 9.59 Å². The maximum atomic E-state index is 12.1. The highest BCUT2D eigenvalue weighted by Crippen LogP contribution is 2.17. The zero-order valence-electron chi connectivity index (χ0n) is 13.3. The van der Waals surface area contributed by atoms with E-state index in [0.717, 1.165) is 20.1 Å². The lowest BCUT2D eigenvalue weighted by Crippen LogP contribution is -2.41. The molecule has 2 N–H and O–H groups in total. The third-order valence-corrected chi connectivity index (χ3v) is 4.70. The van der Waals surface area contributed by atoms with Gasteiger partial charge in [0.25, 0.3) is 0 Å². The van der Waals surface area contributed by atoms with Crippen LogP contribution in [0.15, 0.2) is 57.5 Å². The number of carbonyl (C=O) groups is 2. The summed E-state index contributed by atoms with van der Waals surface area (Å²) in [5.41, 5.74) is 1.86. The minimum absolute atomic E-state index is 0.251. The lowest BCUT2D eigenvalue weighted by molar-refractivity contribution is -0.140. The number of nitrogens with one attached hydrogen (secondary N) is 2. The highest BCUT2D eigenvalue weighted by molar-refractivity contribution is 9.10. The highest BCUT2D eigenvalue weighted by Gasteiger charge is 2.19. The fraction of sp³-hybridized carbons (Fsp3) is 0.222. The van der Waals surface area contributed by atoms with Crippen LogP contribution in [0.5, 0.6) is 0 Å². The van der Waals surface area contributed by atoms with Crippen molar-refractivity contribution in [3.63, 3.8) is 0 Å². The molecule has 126 valence electrons. The Labute approximate surface area is 158 Å². The van der Waals surface area contributed by atoms with Crippen molar-refractivity contribution in [2.75, 3.05) is 0 Å². The monoisotopic (exact) mass is 452 g/mol. The van der Waals surface area contributed by atoms with Crippen molar-refractivity contribution >= 4 is 43.7 Å². The molecule has 6 heteroatoms. The molecule has 0 aliphatic carbocycles. The lowest BCUT2D eigenvalue weighted by atomic mass is 10.1. The number of halogens is 2. The van der Waals surface area contributed by atoms with Crippen LogP contribution in [0.2, 0.25) is 0 Å². The first-order valence-electron chi connectivity index (χ1n) is 7.49. The molecular formula is C18H18Br2N2O2. The summed E-state index contributed by atoms with van der Waals surface area (Å²) in [6, 6.07) is 14.7. The van der Waals surface area contributed by atoms with E-state index in [0.29, 0.717) is 0 Å². The molecule has 2 amide bonds. The van der Waals surface area contributed by atoms with E-state index in [1.807, 2.05) is 62.4 Å². The first-order valence-corrected chi connectivity index (χ1v) is 9.07. The molecule has 0 saturated heterocycles. The average molecular weight is 454 g/mol. The van der Waals surface area contributed by atoms with Crippen LogP contribution in [-0.4, -0.2) is 11.8 Å². The molecule has 2 aromatic carbocycles. The summed E-state index contributed by atoms with van der Waals surface area (Å²) in [6.45, 7) is 3.68. The number of hydrogen-bond donors (Lipinski definition) is 2. The van der Waals surface area contributed by atoms with Crippen LogP contribution in [0, 0.1) is 0 Å². The lowest BCUT2D eigenvalue weighted by Gasteiger charge is -2.17. The van der Waals surface area contributed by atoms with Crippen molar-refractivity contribution in [1.82, 2.24) is 10.6 Å². The highest BCUT2D eigenvalue weighted by atomic mass is 79.9. The van der Waals surface area contributed by atoms with Crippen LogP contribution in [0.4, 0.5) is 0 Å². The summed E-state index contributed by atoms with van der Waals surface area (Å²) >= 11 is 6.74. The molecule has 0 aliphatic heterocycles. The molecule has 2 atom stereocenters. The number of amides is 2. The van der Waals surface area contributed by atoms with Gasteiger partial charge in [-0.25, -0.2) is 0 Å². The maximum absolute atomic E-state index is 12.1. The molecule has 0 bridgehead atoms. The van der Waals surface area contributed by atoms with Gasteiger partial charge in [0.2, 0.25) is 0 Å². The molecule has 0 radical (unpaired) electrons. The topological polar surface area (TPSA) is 58.2 Å². The van der Waals surface area contributed by atoms with Gasteiger partial charge in [-0.2, -0.15) is 0 Å². The van der Waals surface area contributed by atoms with Crippen molar-refractivity contribution in [2.24, 2.45) is 0 Å². The zero-order valence-corrected chi connectivity index (χ0v) is 16.5. The number of benzene rings is 2. The van der Waals surface area contributed by atoms with Crippen molar-refractivity contribution < 1.29 is 9.59 Å². The predicted octanol–water partition coefficient (Wildman–Crippen LogP) is 4.27. The zero-order chi connectivity index (χ0) is 17.7. The second-order valence-corrected chi connectivity index (χ2v) is 7.32. The third-order valence-electron chi connectivity index (χ3n) is 3.64. The Bertz CT molecular complexity index is 651. The Kier molecular flexibility index (Phi) is 6.57. The van der Waals surface area contributed by atoms with Crippen LogP contribution in [0.25, 0.3) is 0 Å². The Balaban J connectivity index is 1.92. The molecule has 0 spiro atoms. The fourth-order valence-corrected chi connectivity index (χ4v) is 2.72. The molecule has 4 nitrogen and oxygen atoms in total. The second-order valence-electron chi connectivity index (χ2n) is 5.49. The van der Waals surface area contributed by atoms with E-state index in [2.05, 4.69) is 42.5 Å². The van der Waals surface area contributed by atoms with Gasteiger partial charge in [0.05, 0.1) is 12.1 Å². The molecule has 0 unspecified atom stereocenters. The molecule has 0 aromatic heterocycles. The quantitative estimate of drug-likeness (QED) is 0.679. The minimum Gasteiger partial charge on any atom is -0.341 e. The van der Waals surface area contributed by atoms with Gasteiger partial charge in [-0.1, -0.05) is 56.1 Å². The van der Waals surface area contributed by atoms with Gasteiger partial charge in [-0.05, 0) is 49.2 Å². The molecule has 0 saturated carbocycles. The molecule has 0 fully saturated rings. The van der Waals surface area contributed by atoms with Crippen LogP contribution in [-0.2, 0) is 9.59 Å². The van der Waals surface area contributed by atoms with E-state index >= 15 is 0 Å². The summed E-state index contributed by atoms with van der Waals surface area (Å²) in [5, 5.41) is 5.42. The Morgan fingerprint density at radius 1 is 0.708 bits per heavy atom. The van der Waals surface area contributed by atoms with Crippen LogP contribution >= 0.6 is 31.9 Å². The maximum Gasteiger partial charge on any atom is 0.309 e. The van der Waals surface area contributed by atoms with Gasteiger partial charge in [0.15, 0.2) is 0 Å². The average Bonchev–Trinajstić information content (AvgIpc) is 2.55. The van der Waals surface area contributed by atoms with Crippen molar-refractivity contribution in [1.29, 1.82) is 0 Å². The summed E-state index contributed by atoms with van der Waals surface area (Å²) in [5.74, 6) is -1.29. The van der Waals surface area contributed by atoms with Gasteiger partial charge >= 0.3 is 11.8 Å². The van der Waals surface area contributed by atoms with Crippen molar-refractivity contribution in [2.45, 2.75) is 25.9 Å². The summed E-state index contributed by atoms with van der Waals surface area (Å²) < 4.78 is 1.93. The smallest absolute Gasteiger partial charge is 0.309 e. The summed E-state index contributed by atoms with van der Waals surface area (Å²) in [6.07, 6.45) is 0. The first kappa shape index (κ1) is 18.7. The normalized spacial score (nSPS) is 13.0. The predicted molar refractivity (Wildman–Crippen MR) is 101 cm³/mol. The van der Waals surface area contributed by atoms with Gasteiger partial charge in [0, 0.05) is 8.95 Å². The Morgan fingerprint density at radius 2 is 1.00 bits per heavy atom. The largest absolute Gasteiger partial charge is 0.341 e. The summed E-state index contributed by atoms with van der Waals surface area (Å²) in [7, 11) is 0. The number of carbonyl (C=O) groups excluding carboxylic acids is 2. The van der Waals surface area contributed by atoms with Crippen LogP contribution < -0.4 is 10.6 Å². The van der Waals surface area contributed by atoms with E-state index in [-0.39, 0.29) is 12.1 Å². The second kappa shape index (κ2) is 8.44. The fourth-order valence-electron chi connectivity index (χ4n) is 2.19. The molecule has 0 heterocycles. The van der Waals surface area contributed by atoms with Crippen molar-refractivity contribution in [3.05, 3.63) is 68.6 Å². The van der Waals surface area contributed by atoms with E-state index in [1.165, 1.54) is 0 Å². The molecule has 2 aromatic rings. The summed E-state index contributed by atoms with van der Waals surface area (Å²) in [4.78, 5) is 24.1. The van der Waals surface area contributed by atoms with Gasteiger partial charge in [-0.15, -0.1) is 0 Å². The van der Waals surface area contributed by atoms with Gasteiger partial charge in [0.1, 0.15) is 0 Å². The van der Waals surface area contributed by atoms with Crippen LogP contribution in [0.3, 0.4) is 0 Å². The SMILES string of the molecule is C[C@H](NC(=O)C(=O)N[C@@H](C)c1ccc(Br)cc1)c1ccc(Br)cc1. The Morgan fingerprint density at radius 3 is 1.29 bits per heavy atom.